The highest BCUT2D eigenvalue weighted by Crippen LogP contribution is 2.38. The number of hydrogen-bond acceptors (Lipinski definition) is 4. The van der Waals surface area contributed by atoms with Gasteiger partial charge in [-0.15, -0.1) is 11.8 Å². The minimum atomic E-state index is -0.814. The highest BCUT2D eigenvalue weighted by atomic mass is 35.5. The Labute approximate surface area is 135 Å². The maximum atomic E-state index is 11.0. The van der Waals surface area contributed by atoms with Gasteiger partial charge in [0.05, 0.1) is 10.0 Å². The van der Waals surface area contributed by atoms with E-state index in [0.717, 1.165) is 5.56 Å². The number of thioether (sulfide) groups is 1. The summed E-state index contributed by atoms with van der Waals surface area (Å²) in [6.07, 6.45) is 0. The highest BCUT2D eigenvalue weighted by Gasteiger charge is 2.32. The molecule has 7 heteroatoms. The van der Waals surface area contributed by atoms with Gasteiger partial charge in [-0.05, 0) is 30.3 Å². The van der Waals surface area contributed by atoms with E-state index in [1.54, 1.807) is 12.1 Å². The molecule has 0 radical (unpaired) electrons. The van der Waals surface area contributed by atoms with Crippen LogP contribution in [0, 0.1) is 0 Å². The number of benzene rings is 1. The molecule has 2 heterocycles. The number of rotatable bonds is 3. The predicted molar refractivity (Wildman–Crippen MR) is 83.9 cm³/mol. The smallest absolute Gasteiger partial charge is 0.318 e. The van der Waals surface area contributed by atoms with E-state index in [9.17, 15) is 4.79 Å². The molecule has 0 amide bonds. The Bertz CT molecular complexity index is 689. The third-order valence-electron chi connectivity index (χ3n) is 3.15. The van der Waals surface area contributed by atoms with E-state index in [0.29, 0.717) is 28.1 Å². The molecule has 2 atom stereocenters. The first-order chi connectivity index (χ1) is 10.0. The number of nitrogens with one attached hydrogen (secondary N) is 1. The Kier molecular flexibility index (Phi) is 4.17. The molecule has 1 aliphatic heterocycles. The highest BCUT2D eigenvalue weighted by molar-refractivity contribution is 8.01. The molecular weight excluding hydrogens is 333 g/mol. The number of carbonyl (C=O) groups is 1. The first-order valence-corrected chi connectivity index (χ1v) is 7.91. The standard InChI is InChI=1S/C14H11Cl2NO3S/c15-8-2-1-7(5-9(8)16)10-3-4-11(20-10)13-17-6-12(21-13)14(18)19/h1-5,12-13,17H,6H2,(H,18,19)/t12-,13-/m1/s1. The van der Waals surface area contributed by atoms with Crippen molar-refractivity contribution in [1.82, 2.24) is 5.32 Å². The van der Waals surface area contributed by atoms with Crippen LogP contribution in [0.3, 0.4) is 0 Å². The second-order valence-electron chi connectivity index (χ2n) is 4.58. The van der Waals surface area contributed by atoms with Crippen LogP contribution in [-0.2, 0) is 4.79 Å². The third kappa shape index (κ3) is 3.06. The SMILES string of the molecule is O=C(O)[C@H]1CN[C@@H](c2ccc(-c3ccc(Cl)c(Cl)c3)o2)S1. The normalized spacial score (nSPS) is 21.6. The number of hydrogen-bond donors (Lipinski definition) is 2. The van der Waals surface area contributed by atoms with Gasteiger partial charge in [-0.1, -0.05) is 23.2 Å². The van der Waals surface area contributed by atoms with Crippen molar-refractivity contribution in [2.24, 2.45) is 0 Å². The Morgan fingerprint density at radius 3 is 2.76 bits per heavy atom. The molecule has 0 bridgehead atoms. The lowest BCUT2D eigenvalue weighted by Gasteiger charge is -2.06. The molecule has 0 aliphatic carbocycles. The van der Waals surface area contributed by atoms with Crippen LogP contribution in [0.5, 0.6) is 0 Å². The second kappa shape index (κ2) is 5.93. The summed E-state index contributed by atoms with van der Waals surface area (Å²) in [7, 11) is 0. The van der Waals surface area contributed by atoms with Crippen molar-refractivity contribution >= 4 is 40.9 Å². The molecule has 1 aromatic heterocycles. The van der Waals surface area contributed by atoms with Crippen LogP contribution in [0.2, 0.25) is 10.0 Å². The molecule has 1 saturated heterocycles. The van der Waals surface area contributed by atoms with Crippen molar-refractivity contribution in [3.8, 4) is 11.3 Å². The van der Waals surface area contributed by atoms with Crippen LogP contribution in [0.25, 0.3) is 11.3 Å². The zero-order valence-electron chi connectivity index (χ0n) is 10.7. The summed E-state index contributed by atoms with van der Waals surface area (Å²) in [6.45, 7) is 0.424. The zero-order valence-corrected chi connectivity index (χ0v) is 13.0. The largest absolute Gasteiger partial charge is 0.480 e. The molecule has 0 saturated carbocycles. The summed E-state index contributed by atoms with van der Waals surface area (Å²) < 4.78 is 5.80. The van der Waals surface area contributed by atoms with Gasteiger partial charge in [-0.3, -0.25) is 10.1 Å². The van der Waals surface area contributed by atoms with E-state index >= 15 is 0 Å². The van der Waals surface area contributed by atoms with Crippen molar-refractivity contribution in [3.05, 3.63) is 46.1 Å². The average Bonchev–Trinajstić information content (AvgIpc) is 3.09. The van der Waals surface area contributed by atoms with Gasteiger partial charge in [0.2, 0.25) is 0 Å². The van der Waals surface area contributed by atoms with E-state index in [4.69, 9.17) is 32.7 Å². The zero-order chi connectivity index (χ0) is 15.0. The van der Waals surface area contributed by atoms with E-state index in [-0.39, 0.29) is 5.37 Å². The molecule has 2 aromatic rings. The monoisotopic (exact) mass is 343 g/mol. The van der Waals surface area contributed by atoms with Gasteiger partial charge < -0.3 is 9.52 Å². The van der Waals surface area contributed by atoms with Crippen molar-refractivity contribution in [1.29, 1.82) is 0 Å². The number of carboxylic acids is 1. The molecule has 110 valence electrons. The van der Waals surface area contributed by atoms with Gasteiger partial charge >= 0.3 is 5.97 Å². The summed E-state index contributed by atoms with van der Waals surface area (Å²) >= 11 is 13.2. The van der Waals surface area contributed by atoms with Crippen molar-refractivity contribution in [2.45, 2.75) is 10.6 Å². The maximum Gasteiger partial charge on any atom is 0.318 e. The molecule has 2 N–H and O–H groups in total. The number of carboxylic acid groups (broad SMARTS) is 1. The average molecular weight is 344 g/mol. The first-order valence-electron chi connectivity index (χ1n) is 6.21. The quantitative estimate of drug-likeness (QED) is 0.880. The van der Waals surface area contributed by atoms with Crippen LogP contribution < -0.4 is 5.32 Å². The molecule has 1 aromatic carbocycles. The lowest BCUT2D eigenvalue weighted by Crippen LogP contribution is -2.21. The Morgan fingerprint density at radius 2 is 2.10 bits per heavy atom. The summed E-state index contributed by atoms with van der Waals surface area (Å²) in [5, 5.41) is 12.5. The van der Waals surface area contributed by atoms with Crippen LogP contribution in [0.4, 0.5) is 0 Å². The fraction of sp³-hybridized carbons (Fsp3) is 0.214. The summed E-state index contributed by atoms with van der Waals surface area (Å²) in [5.41, 5.74) is 0.827. The number of aliphatic carboxylic acids is 1. The fourth-order valence-corrected chi connectivity index (χ4v) is 3.47. The van der Waals surface area contributed by atoms with Gasteiger partial charge in [0.15, 0.2) is 0 Å². The van der Waals surface area contributed by atoms with Gasteiger partial charge in [0, 0.05) is 12.1 Å². The summed E-state index contributed by atoms with van der Waals surface area (Å²) in [6, 6.07) is 8.95. The van der Waals surface area contributed by atoms with Crippen LogP contribution >= 0.6 is 35.0 Å². The molecule has 4 nitrogen and oxygen atoms in total. The molecule has 3 rings (SSSR count). The maximum absolute atomic E-state index is 11.0. The first kappa shape index (κ1) is 14.8. The van der Waals surface area contributed by atoms with E-state index in [2.05, 4.69) is 5.32 Å². The summed E-state index contributed by atoms with van der Waals surface area (Å²) in [4.78, 5) is 11.0. The Morgan fingerprint density at radius 1 is 1.29 bits per heavy atom. The van der Waals surface area contributed by atoms with E-state index in [1.807, 2.05) is 18.2 Å². The fourth-order valence-electron chi connectivity index (χ4n) is 2.09. The molecule has 1 aliphatic rings. The topological polar surface area (TPSA) is 62.5 Å². The second-order valence-corrected chi connectivity index (χ2v) is 6.71. The molecular formula is C14H11Cl2NO3S. The van der Waals surface area contributed by atoms with Crippen LogP contribution in [0.15, 0.2) is 34.7 Å². The third-order valence-corrected chi connectivity index (χ3v) is 5.26. The Hall–Kier alpha value is -1.14. The minimum absolute atomic E-state index is 0.150. The lowest BCUT2D eigenvalue weighted by atomic mass is 10.2. The number of halogens is 2. The van der Waals surface area contributed by atoms with Gasteiger partial charge in [-0.2, -0.15) is 0 Å². The van der Waals surface area contributed by atoms with Crippen molar-refractivity contribution < 1.29 is 14.3 Å². The number of furan rings is 1. The van der Waals surface area contributed by atoms with Crippen LogP contribution in [-0.4, -0.2) is 22.9 Å². The van der Waals surface area contributed by atoms with Gasteiger partial charge in [0.25, 0.3) is 0 Å². The van der Waals surface area contributed by atoms with Crippen molar-refractivity contribution in [2.75, 3.05) is 6.54 Å². The summed E-state index contributed by atoms with van der Waals surface area (Å²) in [5.74, 6) is 0.556. The minimum Gasteiger partial charge on any atom is -0.480 e. The molecule has 0 unspecified atom stereocenters. The van der Waals surface area contributed by atoms with E-state index in [1.165, 1.54) is 11.8 Å². The molecule has 1 fully saturated rings. The van der Waals surface area contributed by atoms with Gasteiger partial charge in [-0.25, -0.2) is 0 Å². The van der Waals surface area contributed by atoms with Crippen molar-refractivity contribution in [3.63, 3.8) is 0 Å². The Balaban J connectivity index is 1.80. The predicted octanol–water partition coefficient (Wildman–Crippen LogP) is 4.04. The van der Waals surface area contributed by atoms with E-state index < -0.39 is 11.2 Å². The van der Waals surface area contributed by atoms with Gasteiger partial charge in [0.1, 0.15) is 22.1 Å². The lowest BCUT2D eigenvalue weighted by molar-refractivity contribution is -0.136. The molecule has 21 heavy (non-hydrogen) atoms. The molecule has 0 spiro atoms. The van der Waals surface area contributed by atoms with Crippen LogP contribution in [0.1, 0.15) is 11.1 Å².